The molecule has 1 aromatic rings. The van der Waals surface area contributed by atoms with E-state index in [1.807, 2.05) is 0 Å². The molecule has 7 nitrogen and oxygen atoms in total. The largest absolute Gasteiger partial charge is 0.480 e. The number of rotatable bonds is 7. The maximum Gasteiger partial charge on any atom is 0.323 e. The van der Waals surface area contributed by atoms with E-state index in [0.29, 0.717) is 18.7 Å². The number of sulfonamides is 1. The van der Waals surface area contributed by atoms with Crippen LogP contribution in [0.5, 0.6) is 0 Å². The molecule has 1 N–H and O–H groups in total. The fourth-order valence-electron chi connectivity index (χ4n) is 3.01. The van der Waals surface area contributed by atoms with Crippen LogP contribution < -0.4 is 0 Å². The van der Waals surface area contributed by atoms with Crippen molar-refractivity contribution >= 4 is 21.9 Å². The summed E-state index contributed by atoms with van der Waals surface area (Å²) in [4.78, 5) is 24.8. The number of aliphatic carboxylic acids is 1. The number of carboxylic acids is 1. The molecule has 1 aliphatic rings. The van der Waals surface area contributed by atoms with Gasteiger partial charge in [-0.25, -0.2) is 8.42 Å². The first-order valence-corrected chi connectivity index (χ1v) is 10.3. The summed E-state index contributed by atoms with van der Waals surface area (Å²) in [5.74, 6) is -1.36. The molecule has 1 amide bonds. The first-order valence-electron chi connectivity index (χ1n) is 8.82. The Morgan fingerprint density at radius 1 is 1.12 bits per heavy atom. The Labute approximate surface area is 154 Å². The molecule has 144 valence electrons. The van der Waals surface area contributed by atoms with Gasteiger partial charge in [-0.15, -0.1) is 0 Å². The Morgan fingerprint density at radius 2 is 1.69 bits per heavy atom. The maximum atomic E-state index is 12.6. The zero-order valence-corrected chi connectivity index (χ0v) is 16.0. The van der Waals surface area contributed by atoms with Crippen molar-refractivity contribution < 1.29 is 23.1 Å². The molecule has 26 heavy (non-hydrogen) atoms. The van der Waals surface area contributed by atoms with Crippen LogP contribution in [0.15, 0.2) is 29.2 Å². The van der Waals surface area contributed by atoms with Crippen LogP contribution in [-0.2, 0) is 26.0 Å². The highest BCUT2D eigenvalue weighted by Gasteiger charge is 2.26. The minimum Gasteiger partial charge on any atom is -0.480 e. The fourth-order valence-corrected chi connectivity index (χ4v) is 4.53. The molecule has 1 saturated heterocycles. The average molecular weight is 382 g/mol. The second-order valence-electron chi connectivity index (χ2n) is 6.79. The van der Waals surface area contributed by atoms with Crippen LogP contribution >= 0.6 is 0 Å². The summed E-state index contributed by atoms with van der Waals surface area (Å²) < 4.78 is 26.8. The minimum absolute atomic E-state index is 0.0372. The lowest BCUT2D eigenvalue weighted by molar-refractivity contribution is -0.145. The molecule has 1 fully saturated rings. The number of hydrogen-bond acceptors (Lipinski definition) is 4. The molecule has 0 aliphatic carbocycles. The van der Waals surface area contributed by atoms with Crippen molar-refractivity contribution in [2.45, 2.75) is 50.5 Å². The van der Waals surface area contributed by atoms with E-state index in [1.165, 1.54) is 21.3 Å². The van der Waals surface area contributed by atoms with E-state index in [9.17, 15) is 18.0 Å². The molecule has 0 saturated carbocycles. The van der Waals surface area contributed by atoms with Crippen LogP contribution in [0, 0.1) is 0 Å². The van der Waals surface area contributed by atoms with Gasteiger partial charge in [0.05, 0.1) is 11.3 Å². The van der Waals surface area contributed by atoms with Crippen molar-refractivity contribution in [2.24, 2.45) is 0 Å². The zero-order valence-electron chi connectivity index (χ0n) is 15.2. The zero-order chi connectivity index (χ0) is 19.3. The Balaban J connectivity index is 2.09. The van der Waals surface area contributed by atoms with E-state index < -0.39 is 16.0 Å². The average Bonchev–Trinajstić information content (AvgIpc) is 2.60. The molecular weight excluding hydrogens is 356 g/mol. The molecule has 0 spiro atoms. The number of carbonyl (C=O) groups excluding carboxylic acids is 1. The quantitative estimate of drug-likeness (QED) is 0.775. The molecule has 0 radical (unpaired) electrons. The van der Waals surface area contributed by atoms with Crippen molar-refractivity contribution in [3.05, 3.63) is 29.8 Å². The van der Waals surface area contributed by atoms with Crippen LogP contribution in [0.4, 0.5) is 0 Å². The van der Waals surface area contributed by atoms with E-state index in [-0.39, 0.29) is 29.8 Å². The summed E-state index contributed by atoms with van der Waals surface area (Å²) in [6.45, 7) is 4.25. The maximum absolute atomic E-state index is 12.6. The monoisotopic (exact) mass is 382 g/mol. The van der Waals surface area contributed by atoms with E-state index in [2.05, 4.69) is 0 Å². The molecule has 1 aromatic carbocycles. The highest BCUT2D eigenvalue weighted by atomic mass is 32.2. The van der Waals surface area contributed by atoms with Gasteiger partial charge in [-0.1, -0.05) is 18.6 Å². The van der Waals surface area contributed by atoms with Gasteiger partial charge in [0.25, 0.3) is 0 Å². The summed E-state index contributed by atoms with van der Waals surface area (Å²) in [7, 11) is -3.49. The molecular formula is C18H26N2O5S. The third-order valence-corrected chi connectivity index (χ3v) is 6.39. The lowest BCUT2D eigenvalue weighted by Gasteiger charge is -2.26. The Kier molecular flexibility index (Phi) is 6.77. The van der Waals surface area contributed by atoms with Gasteiger partial charge in [0.15, 0.2) is 0 Å². The molecule has 2 rings (SSSR count). The number of hydrogen-bond donors (Lipinski definition) is 1. The lowest BCUT2D eigenvalue weighted by Crippen LogP contribution is -2.41. The standard InChI is InChI=1S/C18H26N2O5S/c1-14(2)20(13-18(22)23)17(21)12-15-6-8-16(9-7-15)26(24,25)19-10-4-3-5-11-19/h6-9,14H,3-5,10-13H2,1-2H3,(H,22,23). The first kappa shape index (κ1) is 20.4. The van der Waals surface area contributed by atoms with Crippen molar-refractivity contribution in [1.82, 2.24) is 9.21 Å². The van der Waals surface area contributed by atoms with Crippen LogP contribution in [0.25, 0.3) is 0 Å². The lowest BCUT2D eigenvalue weighted by atomic mass is 10.1. The van der Waals surface area contributed by atoms with Crippen molar-refractivity contribution in [1.29, 1.82) is 0 Å². The number of benzene rings is 1. The predicted molar refractivity (Wildman–Crippen MR) is 97.2 cm³/mol. The van der Waals surface area contributed by atoms with E-state index in [4.69, 9.17) is 5.11 Å². The van der Waals surface area contributed by atoms with Gasteiger partial charge in [-0.05, 0) is 44.4 Å². The second-order valence-corrected chi connectivity index (χ2v) is 8.73. The highest BCUT2D eigenvalue weighted by Crippen LogP contribution is 2.21. The van der Waals surface area contributed by atoms with Crippen LogP contribution in [0.3, 0.4) is 0 Å². The van der Waals surface area contributed by atoms with E-state index >= 15 is 0 Å². The number of carboxylic acid groups (broad SMARTS) is 1. The Morgan fingerprint density at radius 3 is 2.19 bits per heavy atom. The van der Waals surface area contributed by atoms with Crippen LogP contribution in [-0.4, -0.2) is 60.3 Å². The molecule has 0 aromatic heterocycles. The topological polar surface area (TPSA) is 95.0 Å². The molecule has 0 atom stereocenters. The summed E-state index contributed by atoms with van der Waals surface area (Å²) in [6.07, 6.45) is 2.84. The normalized spacial score (nSPS) is 15.8. The van der Waals surface area contributed by atoms with Crippen molar-refractivity contribution in [3.63, 3.8) is 0 Å². The third-order valence-electron chi connectivity index (χ3n) is 4.48. The summed E-state index contributed by atoms with van der Waals surface area (Å²) in [6, 6.07) is 6.05. The summed E-state index contributed by atoms with van der Waals surface area (Å²) >= 11 is 0. The van der Waals surface area contributed by atoms with Gasteiger partial charge in [-0.3, -0.25) is 9.59 Å². The van der Waals surface area contributed by atoms with Gasteiger partial charge in [0, 0.05) is 19.1 Å². The smallest absolute Gasteiger partial charge is 0.323 e. The van der Waals surface area contributed by atoms with E-state index in [0.717, 1.165) is 19.3 Å². The first-order chi connectivity index (χ1) is 12.2. The number of carbonyl (C=O) groups is 2. The number of nitrogens with zero attached hydrogens (tertiary/aromatic N) is 2. The molecule has 0 unspecified atom stereocenters. The Bertz CT molecular complexity index is 737. The van der Waals surface area contributed by atoms with Gasteiger partial charge in [-0.2, -0.15) is 4.31 Å². The number of piperidine rings is 1. The predicted octanol–water partition coefficient (Wildman–Crippen LogP) is 1.73. The number of amides is 1. The third kappa shape index (κ3) is 5.04. The highest BCUT2D eigenvalue weighted by molar-refractivity contribution is 7.89. The summed E-state index contributed by atoms with van der Waals surface area (Å²) in [5, 5.41) is 8.93. The minimum atomic E-state index is -3.49. The molecule has 8 heteroatoms. The molecule has 1 aliphatic heterocycles. The van der Waals surface area contributed by atoms with E-state index in [1.54, 1.807) is 26.0 Å². The van der Waals surface area contributed by atoms with Crippen molar-refractivity contribution in [3.8, 4) is 0 Å². The van der Waals surface area contributed by atoms with Crippen LogP contribution in [0.2, 0.25) is 0 Å². The Hall–Kier alpha value is -1.93. The van der Waals surface area contributed by atoms with Gasteiger partial charge in [0.1, 0.15) is 6.54 Å². The van der Waals surface area contributed by atoms with Gasteiger partial charge < -0.3 is 10.0 Å². The molecule has 0 bridgehead atoms. The van der Waals surface area contributed by atoms with Gasteiger partial charge in [0.2, 0.25) is 15.9 Å². The second kappa shape index (κ2) is 8.64. The van der Waals surface area contributed by atoms with Crippen LogP contribution in [0.1, 0.15) is 38.7 Å². The fraction of sp³-hybridized carbons (Fsp3) is 0.556. The summed E-state index contributed by atoms with van der Waals surface area (Å²) in [5.41, 5.74) is 0.656. The van der Waals surface area contributed by atoms with Gasteiger partial charge >= 0.3 is 5.97 Å². The SMILES string of the molecule is CC(C)N(CC(=O)O)C(=O)Cc1ccc(S(=O)(=O)N2CCCCC2)cc1. The van der Waals surface area contributed by atoms with Crippen molar-refractivity contribution in [2.75, 3.05) is 19.6 Å². The molecule has 1 heterocycles.